The minimum atomic E-state index is -0.354. The second-order valence-corrected chi connectivity index (χ2v) is 4.70. The maximum Gasteiger partial charge on any atom is 0.140 e. The van der Waals surface area contributed by atoms with Gasteiger partial charge in [0.1, 0.15) is 6.04 Å². The average molecular weight is 266 g/mol. The second-order valence-electron chi connectivity index (χ2n) is 4.70. The van der Waals surface area contributed by atoms with E-state index in [9.17, 15) is 5.26 Å². The molecular formula is C17H18N2O. The first-order valence-corrected chi connectivity index (χ1v) is 6.54. The number of para-hydroxylation sites is 1. The molecule has 0 bridgehead atoms. The summed E-state index contributed by atoms with van der Waals surface area (Å²) in [6.45, 7) is 2.61. The summed E-state index contributed by atoms with van der Waals surface area (Å²) >= 11 is 0. The maximum atomic E-state index is 9.37. The number of anilines is 1. The van der Waals surface area contributed by atoms with Crippen molar-refractivity contribution in [3.8, 4) is 6.07 Å². The molecule has 0 radical (unpaired) electrons. The molecule has 1 unspecified atom stereocenters. The highest BCUT2D eigenvalue weighted by molar-refractivity contribution is 5.53. The molecule has 0 amide bonds. The normalized spacial score (nSPS) is 11.7. The van der Waals surface area contributed by atoms with Gasteiger partial charge in [0.25, 0.3) is 0 Å². The van der Waals surface area contributed by atoms with Crippen LogP contribution in [0.25, 0.3) is 0 Å². The molecule has 2 aromatic carbocycles. The molecule has 0 aliphatic carbocycles. The monoisotopic (exact) mass is 266 g/mol. The minimum absolute atomic E-state index is 0.354. The predicted molar refractivity (Wildman–Crippen MR) is 80.3 cm³/mol. The summed E-state index contributed by atoms with van der Waals surface area (Å²) in [7, 11) is 1.67. The second kappa shape index (κ2) is 6.74. The highest BCUT2D eigenvalue weighted by atomic mass is 16.5. The van der Waals surface area contributed by atoms with Crippen LogP contribution >= 0.6 is 0 Å². The average Bonchev–Trinajstić information content (AvgIpc) is 2.48. The smallest absolute Gasteiger partial charge is 0.140 e. The van der Waals surface area contributed by atoms with Crippen LogP contribution in [-0.4, -0.2) is 7.11 Å². The van der Waals surface area contributed by atoms with Crippen molar-refractivity contribution in [3.05, 3.63) is 65.2 Å². The molecule has 0 heterocycles. The van der Waals surface area contributed by atoms with Crippen LogP contribution in [0, 0.1) is 18.3 Å². The Kier molecular flexibility index (Phi) is 4.75. The van der Waals surface area contributed by atoms with Gasteiger partial charge >= 0.3 is 0 Å². The summed E-state index contributed by atoms with van der Waals surface area (Å²) < 4.78 is 5.09. The Morgan fingerprint density at radius 3 is 2.45 bits per heavy atom. The minimum Gasteiger partial charge on any atom is -0.380 e. The van der Waals surface area contributed by atoms with Crippen molar-refractivity contribution in [2.75, 3.05) is 12.4 Å². The van der Waals surface area contributed by atoms with Gasteiger partial charge in [-0.3, -0.25) is 0 Å². The molecule has 1 atom stereocenters. The van der Waals surface area contributed by atoms with E-state index in [2.05, 4.69) is 11.4 Å². The van der Waals surface area contributed by atoms with E-state index in [1.807, 2.05) is 55.5 Å². The van der Waals surface area contributed by atoms with Gasteiger partial charge in [-0.2, -0.15) is 5.26 Å². The van der Waals surface area contributed by atoms with Crippen LogP contribution in [0.3, 0.4) is 0 Å². The fourth-order valence-electron chi connectivity index (χ4n) is 2.05. The Labute approximate surface area is 119 Å². The van der Waals surface area contributed by atoms with Gasteiger partial charge in [-0.1, -0.05) is 42.5 Å². The van der Waals surface area contributed by atoms with Gasteiger partial charge in [0.15, 0.2) is 0 Å². The lowest BCUT2D eigenvalue weighted by atomic mass is 10.0. The molecule has 0 aromatic heterocycles. The number of benzene rings is 2. The summed E-state index contributed by atoms with van der Waals surface area (Å²) in [6, 6.07) is 17.8. The fourth-order valence-corrected chi connectivity index (χ4v) is 2.05. The van der Waals surface area contributed by atoms with Crippen LogP contribution in [0.5, 0.6) is 0 Å². The molecule has 2 aromatic rings. The Bertz CT molecular complexity index is 599. The van der Waals surface area contributed by atoms with E-state index in [1.54, 1.807) is 7.11 Å². The Hall–Kier alpha value is -2.31. The molecular weight excluding hydrogens is 248 g/mol. The summed E-state index contributed by atoms with van der Waals surface area (Å²) in [4.78, 5) is 0. The Morgan fingerprint density at radius 1 is 1.15 bits per heavy atom. The lowest BCUT2D eigenvalue weighted by Gasteiger charge is -2.15. The number of hydrogen-bond acceptors (Lipinski definition) is 3. The van der Waals surface area contributed by atoms with Gasteiger partial charge in [0, 0.05) is 12.8 Å². The van der Waals surface area contributed by atoms with Crippen LogP contribution in [0.15, 0.2) is 48.5 Å². The Balaban J connectivity index is 2.16. The van der Waals surface area contributed by atoms with Gasteiger partial charge in [-0.05, 0) is 29.7 Å². The number of rotatable bonds is 5. The molecule has 3 nitrogen and oxygen atoms in total. The molecule has 2 rings (SSSR count). The lowest BCUT2D eigenvalue weighted by molar-refractivity contribution is 0.185. The fraction of sp³-hybridized carbons (Fsp3) is 0.235. The number of nitrogens with zero attached hydrogens (tertiary/aromatic N) is 1. The summed E-state index contributed by atoms with van der Waals surface area (Å²) in [5.74, 6) is 0. The molecule has 1 N–H and O–H groups in total. The maximum absolute atomic E-state index is 9.37. The lowest BCUT2D eigenvalue weighted by Crippen LogP contribution is -2.09. The largest absolute Gasteiger partial charge is 0.380 e. The number of aryl methyl sites for hydroxylation is 1. The molecule has 0 aliphatic rings. The van der Waals surface area contributed by atoms with Crippen LogP contribution in [0.2, 0.25) is 0 Å². The van der Waals surface area contributed by atoms with Crippen molar-refractivity contribution in [3.63, 3.8) is 0 Å². The molecule has 0 fully saturated rings. The van der Waals surface area contributed by atoms with E-state index in [4.69, 9.17) is 4.74 Å². The highest BCUT2D eigenvalue weighted by Gasteiger charge is 2.11. The molecule has 0 aliphatic heterocycles. The van der Waals surface area contributed by atoms with Gasteiger partial charge in [0.2, 0.25) is 0 Å². The van der Waals surface area contributed by atoms with E-state index >= 15 is 0 Å². The van der Waals surface area contributed by atoms with Crippen molar-refractivity contribution in [2.24, 2.45) is 0 Å². The first kappa shape index (κ1) is 14.1. The zero-order valence-electron chi connectivity index (χ0n) is 11.8. The van der Waals surface area contributed by atoms with E-state index in [0.29, 0.717) is 6.61 Å². The van der Waals surface area contributed by atoms with Gasteiger partial charge in [0.05, 0.1) is 12.7 Å². The van der Waals surface area contributed by atoms with Crippen molar-refractivity contribution in [1.82, 2.24) is 0 Å². The highest BCUT2D eigenvalue weighted by Crippen LogP contribution is 2.22. The van der Waals surface area contributed by atoms with Gasteiger partial charge in [-0.15, -0.1) is 0 Å². The topological polar surface area (TPSA) is 45.0 Å². The van der Waals surface area contributed by atoms with E-state index in [0.717, 1.165) is 22.4 Å². The van der Waals surface area contributed by atoms with Crippen LogP contribution in [-0.2, 0) is 11.3 Å². The molecule has 20 heavy (non-hydrogen) atoms. The molecule has 0 saturated carbocycles. The Morgan fingerprint density at radius 2 is 1.85 bits per heavy atom. The van der Waals surface area contributed by atoms with Gasteiger partial charge in [-0.25, -0.2) is 0 Å². The molecule has 0 spiro atoms. The number of hydrogen-bond donors (Lipinski definition) is 1. The molecule has 102 valence electrons. The summed E-state index contributed by atoms with van der Waals surface area (Å²) in [6.07, 6.45) is 0. The SMILES string of the molecule is COCc1ccc(C(C#N)Nc2ccccc2C)cc1. The summed E-state index contributed by atoms with van der Waals surface area (Å²) in [5.41, 5.74) is 4.17. The molecule has 3 heteroatoms. The molecule has 0 saturated heterocycles. The van der Waals surface area contributed by atoms with Crippen molar-refractivity contribution >= 4 is 5.69 Å². The van der Waals surface area contributed by atoms with Crippen molar-refractivity contribution in [2.45, 2.75) is 19.6 Å². The number of methoxy groups -OCH3 is 1. The standard InChI is InChI=1S/C17H18N2O/c1-13-5-3-4-6-16(13)19-17(11-18)15-9-7-14(8-10-15)12-20-2/h3-10,17,19H,12H2,1-2H3. The van der Waals surface area contributed by atoms with Crippen LogP contribution < -0.4 is 5.32 Å². The number of ether oxygens (including phenoxy) is 1. The van der Waals surface area contributed by atoms with E-state index in [-0.39, 0.29) is 6.04 Å². The predicted octanol–water partition coefficient (Wildman–Crippen LogP) is 3.82. The van der Waals surface area contributed by atoms with E-state index in [1.165, 1.54) is 0 Å². The van der Waals surface area contributed by atoms with Crippen molar-refractivity contribution < 1.29 is 4.74 Å². The van der Waals surface area contributed by atoms with E-state index < -0.39 is 0 Å². The first-order valence-electron chi connectivity index (χ1n) is 6.54. The number of nitriles is 1. The number of nitrogens with one attached hydrogen (secondary N) is 1. The van der Waals surface area contributed by atoms with Gasteiger partial charge < -0.3 is 10.1 Å². The van der Waals surface area contributed by atoms with Crippen LogP contribution in [0.1, 0.15) is 22.7 Å². The van der Waals surface area contributed by atoms with Crippen molar-refractivity contribution in [1.29, 1.82) is 5.26 Å². The zero-order chi connectivity index (χ0) is 14.4. The third kappa shape index (κ3) is 3.37. The third-order valence-electron chi connectivity index (χ3n) is 3.20. The first-order chi connectivity index (χ1) is 9.74. The third-order valence-corrected chi connectivity index (χ3v) is 3.20. The summed E-state index contributed by atoms with van der Waals surface area (Å²) in [5, 5.41) is 12.6. The van der Waals surface area contributed by atoms with Crippen LogP contribution in [0.4, 0.5) is 5.69 Å². The quantitative estimate of drug-likeness (QED) is 0.894. The zero-order valence-corrected chi connectivity index (χ0v) is 11.8.